The Hall–Kier alpha value is -1.58. The maximum Gasteiger partial charge on any atom is 0.201 e. The SMILES string of the molecule is Cc1cc2c(cc1F)nc(N)n2C1CCCCCC1. The second-order valence-corrected chi connectivity index (χ2v) is 5.58. The first-order valence-corrected chi connectivity index (χ1v) is 7.10. The van der Waals surface area contributed by atoms with E-state index in [1.54, 1.807) is 6.92 Å². The largest absolute Gasteiger partial charge is 0.369 e. The van der Waals surface area contributed by atoms with Gasteiger partial charge < -0.3 is 10.3 Å². The van der Waals surface area contributed by atoms with Gasteiger partial charge >= 0.3 is 0 Å². The average molecular weight is 261 g/mol. The molecule has 0 amide bonds. The first kappa shape index (κ1) is 12.5. The van der Waals surface area contributed by atoms with E-state index < -0.39 is 0 Å². The van der Waals surface area contributed by atoms with Crippen LogP contribution >= 0.6 is 0 Å². The minimum Gasteiger partial charge on any atom is -0.369 e. The van der Waals surface area contributed by atoms with Gasteiger partial charge in [-0.05, 0) is 31.4 Å². The van der Waals surface area contributed by atoms with Gasteiger partial charge in [0.15, 0.2) is 0 Å². The lowest BCUT2D eigenvalue weighted by molar-refractivity contribution is 0.459. The van der Waals surface area contributed by atoms with Gasteiger partial charge in [0.25, 0.3) is 0 Å². The van der Waals surface area contributed by atoms with Crippen LogP contribution in [0.4, 0.5) is 10.3 Å². The van der Waals surface area contributed by atoms with Crippen LogP contribution in [0.3, 0.4) is 0 Å². The highest BCUT2D eigenvalue weighted by atomic mass is 19.1. The van der Waals surface area contributed by atoms with E-state index in [1.165, 1.54) is 31.7 Å². The standard InChI is InChI=1S/C15H20FN3/c1-10-8-14-13(9-12(10)16)18-15(17)19(14)11-6-4-2-3-5-7-11/h8-9,11H,2-7H2,1H3,(H2,17,18). The van der Waals surface area contributed by atoms with E-state index in [-0.39, 0.29) is 5.82 Å². The Balaban J connectivity index is 2.11. The summed E-state index contributed by atoms with van der Waals surface area (Å²) in [4.78, 5) is 4.32. The monoisotopic (exact) mass is 261 g/mol. The highest BCUT2D eigenvalue weighted by Crippen LogP contribution is 2.33. The topological polar surface area (TPSA) is 43.8 Å². The molecule has 2 aromatic rings. The van der Waals surface area contributed by atoms with Crippen LogP contribution in [-0.2, 0) is 0 Å². The van der Waals surface area contributed by atoms with Gasteiger partial charge in [-0.15, -0.1) is 0 Å². The zero-order valence-electron chi connectivity index (χ0n) is 11.3. The van der Waals surface area contributed by atoms with Crippen molar-refractivity contribution >= 4 is 17.0 Å². The molecule has 1 heterocycles. The van der Waals surface area contributed by atoms with Gasteiger partial charge in [0.2, 0.25) is 5.95 Å². The molecule has 1 fully saturated rings. The summed E-state index contributed by atoms with van der Waals surface area (Å²) < 4.78 is 15.7. The number of anilines is 1. The Morgan fingerprint density at radius 3 is 2.58 bits per heavy atom. The number of nitrogens with zero attached hydrogens (tertiary/aromatic N) is 2. The average Bonchev–Trinajstić information content (AvgIpc) is 2.57. The predicted molar refractivity (Wildman–Crippen MR) is 75.6 cm³/mol. The molecule has 0 unspecified atom stereocenters. The van der Waals surface area contributed by atoms with Crippen LogP contribution in [0.25, 0.3) is 11.0 Å². The number of benzene rings is 1. The summed E-state index contributed by atoms with van der Waals surface area (Å²) in [5.41, 5.74) is 8.37. The Bertz CT molecular complexity index is 595. The molecule has 1 aromatic heterocycles. The maximum atomic E-state index is 13.6. The van der Waals surface area contributed by atoms with Crippen molar-refractivity contribution in [2.24, 2.45) is 0 Å². The highest BCUT2D eigenvalue weighted by molar-refractivity contribution is 5.79. The number of rotatable bonds is 1. The van der Waals surface area contributed by atoms with E-state index in [4.69, 9.17) is 5.73 Å². The summed E-state index contributed by atoms with van der Waals surface area (Å²) in [5.74, 6) is 0.310. The van der Waals surface area contributed by atoms with Crippen molar-refractivity contribution in [2.45, 2.75) is 51.5 Å². The summed E-state index contributed by atoms with van der Waals surface area (Å²) in [7, 11) is 0. The molecule has 1 aromatic carbocycles. The Morgan fingerprint density at radius 2 is 1.89 bits per heavy atom. The van der Waals surface area contributed by atoms with Crippen molar-refractivity contribution in [3.8, 4) is 0 Å². The van der Waals surface area contributed by atoms with Crippen molar-refractivity contribution in [3.05, 3.63) is 23.5 Å². The first-order chi connectivity index (χ1) is 9.16. The van der Waals surface area contributed by atoms with Crippen LogP contribution in [0.1, 0.15) is 50.1 Å². The van der Waals surface area contributed by atoms with Crippen molar-refractivity contribution in [1.82, 2.24) is 9.55 Å². The maximum absolute atomic E-state index is 13.6. The molecule has 4 heteroatoms. The van der Waals surface area contributed by atoms with Crippen LogP contribution in [0, 0.1) is 12.7 Å². The zero-order chi connectivity index (χ0) is 13.4. The van der Waals surface area contributed by atoms with Gasteiger partial charge in [0, 0.05) is 12.1 Å². The van der Waals surface area contributed by atoms with Gasteiger partial charge in [-0.1, -0.05) is 25.7 Å². The minimum atomic E-state index is -0.210. The highest BCUT2D eigenvalue weighted by Gasteiger charge is 2.20. The lowest BCUT2D eigenvalue weighted by Crippen LogP contribution is -2.11. The van der Waals surface area contributed by atoms with E-state index in [0.29, 0.717) is 23.1 Å². The molecule has 0 atom stereocenters. The summed E-state index contributed by atoms with van der Waals surface area (Å²) >= 11 is 0. The Labute approximate surface area is 112 Å². The minimum absolute atomic E-state index is 0.210. The number of aromatic nitrogens is 2. The quantitative estimate of drug-likeness (QED) is 0.790. The normalized spacial score (nSPS) is 17.8. The second-order valence-electron chi connectivity index (χ2n) is 5.58. The third-order valence-electron chi connectivity index (χ3n) is 4.19. The summed E-state index contributed by atoms with van der Waals surface area (Å²) in [6.45, 7) is 1.79. The van der Waals surface area contributed by atoms with Crippen LogP contribution in [-0.4, -0.2) is 9.55 Å². The van der Waals surface area contributed by atoms with E-state index in [1.807, 2.05) is 6.07 Å². The Morgan fingerprint density at radius 1 is 1.21 bits per heavy atom. The van der Waals surface area contributed by atoms with E-state index in [0.717, 1.165) is 18.4 Å². The van der Waals surface area contributed by atoms with Crippen LogP contribution < -0.4 is 5.73 Å². The molecule has 0 saturated heterocycles. The molecular weight excluding hydrogens is 241 g/mol. The fourth-order valence-electron chi connectivity index (χ4n) is 3.14. The first-order valence-electron chi connectivity index (χ1n) is 7.10. The molecule has 1 aliphatic rings. The predicted octanol–water partition coefficient (Wildman–Crippen LogP) is 3.96. The molecule has 1 saturated carbocycles. The molecule has 0 radical (unpaired) electrons. The van der Waals surface area contributed by atoms with E-state index in [9.17, 15) is 4.39 Å². The van der Waals surface area contributed by atoms with Crippen LogP contribution in [0.15, 0.2) is 12.1 Å². The number of halogens is 1. The van der Waals surface area contributed by atoms with E-state index in [2.05, 4.69) is 9.55 Å². The molecule has 1 aliphatic carbocycles. The zero-order valence-corrected chi connectivity index (χ0v) is 11.3. The third-order valence-corrected chi connectivity index (χ3v) is 4.19. The second kappa shape index (κ2) is 4.83. The van der Waals surface area contributed by atoms with Crippen molar-refractivity contribution in [3.63, 3.8) is 0 Å². The van der Waals surface area contributed by atoms with Gasteiger partial charge in [-0.25, -0.2) is 9.37 Å². The van der Waals surface area contributed by atoms with E-state index >= 15 is 0 Å². The number of nitrogens with two attached hydrogens (primary N) is 1. The van der Waals surface area contributed by atoms with Crippen molar-refractivity contribution in [2.75, 3.05) is 5.73 Å². The number of nitrogen functional groups attached to an aromatic ring is 1. The number of fused-ring (bicyclic) bond motifs is 1. The fourth-order valence-corrected chi connectivity index (χ4v) is 3.14. The van der Waals surface area contributed by atoms with Gasteiger partial charge in [-0.3, -0.25) is 0 Å². The van der Waals surface area contributed by atoms with Crippen molar-refractivity contribution < 1.29 is 4.39 Å². The lowest BCUT2D eigenvalue weighted by Gasteiger charge is -2.18. The molecule has 2 N–H and O–H groups in total. The number of hydrogen-bond donors (Lipinski definition) is 1. The van der Waals surface area contributed by atoms with Crippen LogP contribution in [0.2, 0.25) is 0 Å². The molecule has 0 aliphatic heterocycles. The molecule has 3 nitrogen and oxygen atoms in total. The van der Waals surface area contributed by atoms with Crippen molar-refractivity contribution in [1.29, 1.82) is 0 Å². The smallest absolute Gasteiger partial charge is 0.201 e. The van der Waals surface area contributed by atoms with Gasteiger partial charge in [-0.2, -0.15) is 0 Å². The Kier molecular flexibility index (Phi) is 3.17. The number of hydrogen-bond acceptors (Lipinski definition) is 2. The van der Waals surface area contributed by atoms with Crippen LogP contribution in [0.5, 0.6) is 0 Å². The summed E-state index contributed by atoms with van der Waals surface area (Å²) in [5, 5.41) is 0. The molecule has 0 spiro atoms. The molecule has 102 valence electrons. The fraction of sp³-hybridized carbons (Fsp3) is 0.533. The number of imidazole rings is 1. The molecular formula is C15H20FN3. The third kappa shape index (κ3) is 2.20. The molecule has 3 rings (SSSR count). The molecule has 0 bridgehead atoms. The summed E-state index contributed by atoms with van der Waals surface area (Å²) in [6, 6.07) is 3.78. The number of aryl methyl sites for hydroxylation is 1. The molecule has 19 heavy (non-hydrogen) atoms. The van der Waals surface area contributed by atoms with Gasteiger partial charge in [0.05, 0.1) is 11.0 Å². The summed E-state index contributed by atoms with van der Waals surface area (Å²) in [6.07, 6.45) is 7.37. The van der Waals surface area contributed by atoms with Gasteiger partial charge in [0.1, 0.15) is 5.82 Å². The lowest BCUT2D eigenvalue weighted by atomic mass is 10.1.